The van der Waals surface area contributed by atoms with Crippen LogP contribution in [0.4, 0.5) is 0 Å². The first-order valence-corrected chi connectivity index (χ1v) is 29.0. The van der Waals surface area contributed by atoms with Gasteiger partial charge in [0.25, 0.3) is 5.60 Å². The number of epoxide rings is 1. The van der Waals surface area contributed by atoms with Crippen LogP contribution in [0.1, 0.15) is 150 Å². The number of benzene rings is 1. The second kappa shape index (κ2) is 19.7. The van der Waals surface area contributed by atoms with Gasteiger partial charge in [-0.3, -0.25) is 9.59 Å². The Morgan fingerprint density at radius 1 is 1.01 bits per heavy atom. The molecule has 4 bridgehead atoms. The molecular formula is C62H82N6O7. The van der Waals surface area contributed by atoms with Crippen LogP contribution in [0.3, 0.4) is 0 Å². The smallest absolute Gasteiger partial charge is 0.350 e. The molecule has 1 aromatic rings. The van der Waals surface area contributed by atoms with Crippen LogP contribution in [-0.4, -0.2) is 95.8 Å². The number of aliphatic hydroxyl groups is 2. The minimum absolute atomic E-state index is 0.107. The number of esters is 1. The topological polar surface area (TPSA) is 200 Å². The zero-order valence-electron chi connectivity index (χ0n) is 44.8. The van der Waals surface area contributed by atoms with E-state index >= 15 is 14.4 Å². The van der Waals surface area contributed by atoms with Crippen molar-refractivity contribution in [3.63, 3.8) is 0 Å². The van der Waals surface area contributed by atoms with E-state index in [4.69, 9.17) is 15.2 Å². The molecule has 402 valence electrons. The van der Waals surface area contributed by atoms with Crippen LogP contribution in [0.25, 0.3) is 0 Å². The molecule has 12 rings (SSSR count). The third-order valence-corrected chi connectivity index (χ3v) is 20.7. The molecule has 13 nitrogen and oxygen atoms in total. The Hall–Kier alpha value is -4.63. The van der Waals surface area contributed by atoms with Gasteiger partial charge < -0.3 is 52.0 Å². The van der Waals surface area contributed by atoms with Gasteiger partial charge in [-0.05, 0) is 185 Å². The molecule has 1 aromatic carbocycles. The number of dihydropyridines is 2. The maximum atomic E-state index is 16.2. The third-order valence-electron chi connectivity index (χ3n) is 20.7. The Kier molecular flexibility index (Phi) is 13.4. The van der Waals surface area contributed by atoms with Crippen LogP contribution in [0.15, 0.2) is 100 Å². The fourth-order valence-corrected chi connectivity index (χ4v) is 17.0. The van der Waals surface area contributed by atoms with E-state index in [9.17, 15) is 10.2 Å². The highest BCUT2D eigenvalue weighted by atomic mass is 16.7. The monoisotopic (exact) mass is 1020 g/mol. The van der Waals surface area contributed by atoms with Crippen molar-refractivity contribution in [2.45, 2.75) is 171 Å². The third kappa shape index (κ3) is 8.60. The van der Waals surface area contributed by atoms with Gasteiger partial charge in [-0.1, -0.05) is 80.8 Å². The molecule has 15 unspecified atom stereocenters. The van der Waals surface area contributed by atoms with Crippen molar-refractivity contribution in [2.24, 2.45) is 52.6 Å². The zero-order valence-corrected chi connectivity index (χ0v) is 44.8. The first kappa shape index (κ1) is 51.1. The van der Waals surface area contributed by atoms with Crippen molar-refractivity contribution in [3.8, 4) is 0 Å². The molecule has 15 atom stereocenters. The van der Waals surface area contributed by atoms with E-state index in [1.54, 1.807) is 6.07 Å². The van der Waals surface area contributed by atoms with Gasteiger partial charge in [0, 0.05) is 47.7 Å². The van der Waals surface area contributed by atoms with Crippen molar-refractivity contribution >= 4 is 17.5 Å². The first-order chi connectivity index (χ1) is 36.2. The summed E-state index contributed by atoms with van der Waals surface area (Å²) in [4.78, 5) is 48.2. The van der Waals surface area contributed by atoms with Crippen molar-refractivity contribution < 1.29 is 34.1 Å². The van der Waals surface area contributed by atoms with Gasteiger partial charge in [0.2, 0.25) is 5.78 Å². The Labute approximate surface area is 443 Å². The number of hydrogen-bond donors (Lipinski definition) is 8. The highest BCUT2D eigenvalue weighted by molar-refractivity contribution is 6.33. The number of carbonyl (C=O) groups excluding carboxylic acids is 3. The molecule has 75 heavy (non-hydrogen) atoms. The maximum absolute atomic E-state index is 16.2. The molecule has 1 saturated heterocycles. The summed E-state index contributed by atoms with van der Waals surface area (Å²) in [5, 5.41) is 40.8. The van der Waals surface area contributed by atoms with Gasteiger partial charge in [0.15, 0.2) is 11.4 Å². The summed E-state index contributed by atoms with van der Waals surface area (Å²) in [6.07, 6.45) is 27.9. The van der Waals surface area contributed by atoms with E-state index in [0.29, 0.717) is 43.1 Å². The van der Waals surface area contributed by atoms with Crippen LogP contribution in [-0.2, 0) is 20.7 Å². The van der Waals surface area contributed by atoms with E-state index < -0.39 is 46.5 Å². The van der Waals surface area contributed by atoms with Gasteiger partial charge in [-0.2, -0.15) is 0 Å². The molecular weight excluding hydrogens is 941 g/mol. The van der Waals surface area contributed by atoms with Crippen LogP contribution < -0.4 is 32.3 Å². The second-order valence-corrected chi connectivity index (χ2v) is 25.3. The van der Waals surface area contributed by atoms with E-state index in [2.05, 4.69) is 70.8 Å². The van der Waals surface area contributed by atoms with Crippen molar-refractivity contribution in [1.29, 1.82) is 0 Å². The molecule has 0 amide bonds. The molecule has 3 saturated carbocycles. The zero-order chi connectivity index (χ0) is 52.0. The predicted molar refractivity (Wildman–Crippen MR) is 288 cm³/mol. The number of fused-ring (bicyclic) bond motifs is 2. The standard InChI is InChI=1S/C62H82N6O7/c1-5-67-60-30-40-12-8-11-37-10-6-7-22-59(3,28-36-15-20-50(63)66-33-36)29-42-13-9-14-46-52(42)56(72)62(58(73)74-54(49(60)27-47(37)40)48-26-44(70)19-18-41(48)31-60)61(75-62,55(46)71)32-43(34-69)35(2)24-38-16-17-39-25-51(64-4)68-57-53(39)45(38)21-23-65-57/h8-9,12-15,20-21,30,33,37-39,41,44,47-51,54,64-70H,5-7,10-11,16-19,22-29,31-32,34,63H2,1-4H3. The first-order valence-electron chi connectivity index (χ1n) is 29.0. The molecule has 4 fully saturated rings. The number of nitrogens with one attached hydrogen (secondary N) is 5. The molecule has 9 N–H and O–H groups in total. The molecule has 1 spiro atoms. The molecule has 6 aliphatic carbocycles. The van der Waals surface area contributed by atoms with Crippen LogP contribution in [0.2, 0.25) is 0 Å². The number of carbonyl (C=O) groups is 3. The Morgan fingerprint density at radius 3 is 2.68 bits per heavy atom. The Bertz CT molecular complexity index is 2740. The number of Topliss-reactive ketones (excluding diaryl/α,β-unsaturated/α-hetero) is 2. The average molecular weight is 1020 g/mol. The molecule has 11 aliphatic rings. The fraction of sp³-hybridized carbons (Fsp3) is 0.629. The number of ketones is 2. The number of ether oxygens (including phenoxy) is 2. The number of rotatable bonds is 10. The summed E-state index contributed by atoms with van der Waals surface area (Å²) in [7, 11) is 1.99. The highest BCUT2D eigenvalue weighted by Gasteiger charge is 2.86. The summed E-state index contributed by atoms with van der Waals surface area (Å²) < 4.78 is 14.0. The second-order valence-electron chi connectivity index (χ2n) is 25.3. The summed E-state index contributed by atoms with van der Waals surface area (Å²) in [6.45, 7) is 7.58. The molecule has 13 heteroatoms. The lowest BCUT2D eigenvalue weighted by molar-refractivity contribution is -0.175. The highest BCUT2D eigenvalue weighted by Crippen LogP contribution is 2.62. The van der Waals surface area contributed by atoms with E-state index in [1.165, 1.54) is 16.7 Å². The van der Waals surface area contributed by atoms with Crippen LogP contribution >= 0.6 is 0 Å². The minimum atomic E-state index is -2.26. The minimum Gasteiger partial charge on any atom is -0.459 e. The molecule has 0 aromatic heterocycles. The van der Waals surface area contributed by atoms with Gasteiger partial charge in [-0.15, -0.1) is 0 Å². The Morgan fingerprint density at radius 2 is 1.88 bits per heavy atom. The van der Waals surface area contributed by atoms with Gasteiger partial charge in [0.05, 0.1) is 25.0 Å². The lowest BCUT2D eigenvalue weighted by Crippen LogP contribution is -2.65. The average Bonchev–Trinajstić information content (AvgIpc) is 4.32. The summed E-state index contributed by atoms with van der Waals surface area (Å²) in [5.41, 5.74) is 9.22. The maximum Gasteiger partial charge on any atom is 0.350 e. The summed E-state index contributed by atoms with van der Waals surface area (Å²) >= 11 is 0. The number of allylic oxidation sites excluding steroid dienone is 8. The van der Waals surface area contributed by atoms with Gasteiger partial charge in [0.1, 0.15) is 11.9 Å². The molecule has 5 heterocycles. The number of nitrogens with two attached hydrogens (primary N) is 1. The predicted octanol–water partition coefficient (Wildman–Crippen LogP) is 7.39. The van der Waals surface area contributed by atoms with E-state index in [-0.39, 0.29) is 71.5 Å². The quantitative estimate of drug-likeness (QED) is 0.0500. The fourth-order valence-electron chi connectivity index (χ4n) is 17.0. The largest absolute Gasteiger partial charge is 0.459 e. The number of likely N-dealkylation sites (N-methyl/N-ethyl adjacent to an activating group) is 1. The van der Waals surface area contributed by atoms with Gasteiger partial charge in [-0.25, -0.2) is 4.79 Å². The van der Waals surface area contributed by atoms with E-state index in [1.807, 2.05) is 38.4 Å². The Balaban J connectivity index is 0.962. The van der Waals surface area contributed by atoms with Gasteiger partial charge >= 0.3 is 5.97 Å². The number of aliphatic hydroxyl groups excluding tert-OH is 2. The number of hydrogen-bond acceptors (Lipinski definition) is 13. The van der Waals surface area contributed by atoms with Crippen LogP contribution in [0.5, 0.6) is 0 Å². The van der Waals surface area contributed by atoms with Crippen molar-refractivity contribution in [3.05, 3.63) is 117 Å². The van der Waals surface area contributed by atoms with Crippen molar-refractivity contribution in [1.82, 2.24) is 26.6 Å². The summed E-state index contributed by atoms with van der Waals surface area (Å²) in [6, 6.07) is 5.57. The van der Waals surface area contributed by atoms with E-state index in [0.717, 1.165) is 113 Å². The summed E-state index contributed by atoms with van der Waals surface area (Å²) in [5.74, 6) is 0.588. The molecule has 0 radical (unpaired) electrons. The lowest BCUT2D eigenvalue weighted by atomic mass is 9.52. The van der Waals surface area contributed by atoms with Crippen LogP contribution in [0, 0.1) is 46.8 Å². The lowest BCUT2D eigenvalue weighted by Gasteiger charge is -2.58. The normalized spacial score (nSPS) is 40.9. The van der Waals surface area contributed by atoms with Crippen molar-refractivity contribution in [2.75, 3.05) is 26.7 Å². The molecule has 5 aliphatic heterocycles. The SMILES string of the molecule is CCNC12C=C3C=CCC4CCCCC(C)(CC5=CNC(N)C=C5)Cc5cccc6c5C(=O)C5(OC5(CC(CO)=C(C)CC5CCC7CC(NC)NC8=C7C5=CCN8)C6=O)C(=O)OC(C5CC(O)CCC5C1)C2CC34.